The maximum Gasteiger partial charge on any atom is 0.272 e. The van der Waals surface area contributed by atoms with E-state index < -0.39 is 0 Å². The molecule has 1 aliphatic rings. The van der Waals surface area contributed by atoms with Crippen LogP contribution in [0.5, 0.6) is 0 Å². The molecule has 2 heterocycles. The Hall–Kier alpha value is -3.41. The van der Waals surface area contributed by atoms with Gasteiger partial charge in [-0.05, 0) is 24.1 Å². The molecule has 1 aromatic heterocycles. The summed E-state index contributed by atoms with van der Waals surface area (Å²) in [7, 11) is 0. The molecule has 142 valence electrons. The number of nitrogens with one attached hydrogen (secondary N) is 2. The van der Waals surface area contributed by atoms with E-state index in [1.807, 2.05) is 60.7 Å². The molecule has 4 rings (SSSR count). The van der Waals surface area contributed by atoms with Crippen molar-refractivity contribution in [1.82, 2.24) is 20.4 Å². The quantitative estimate of drug-likeness (QED) is 0.721. The molecule has 0 saturated heterocycles. The number of amides is 2. The zero-order valence-electron chi connectivity index (χ0n) is 15.5. The molecule has 2 N–H and O–H groups in total. The number of H-pyrrole nitrogens is 1. The lowest BCUT2D eigenvalue weighted by atomic mass is 10.0. The SMILES string of the molecule is O=C(NCCc1ccccc1)c1n[nH]c2c1CN(C(=O)c1ccccc1)CC2. The highest BCUT2D eigenvalue weighted by molar-refractivity contribution is 5.96. The first-order chi connectivity index (χ1) is 13.7. The van der Waals surface area contributed by atoms with Gasteiger partial charge >= 0.3 is 0 Å². The Labute approximate surface area is 163 Å². The van der Waals surface area contributed by atoms with E-state index in [0.29, 0.717) is 37.3 Å². The third-order valence-electron chi connectivity index (χ3n) is 5.00. The van der Waals surface area contributed by atoms with Gasteiger partial charge in [-0.15, -0.1) is 0 Å². The predicted molar refractivity (Wildman–Crippen MR) is 106 cm³/mol. The van der Waals surface area contributed by atoms with E-state index in [1.165, 1.54) is 5.56 Å². The molecule has 3 aromatic rings. The molecule has 0 aliphatic carbocycles. The third kappa shape index (κ3) is 3.81. The Morgan fingerprint density at radius 2 is 1.75 bits per heavy atom. The lowest BCUT2D eigenvalue weighted by Gasteiger charge is -2.27. The number of aromatic amines is 1. The van der Waals surface area contributed by atoms with Crippen molar-refractivity contribution in [2.24, 2.45) is 0 Å². The van der Waals surface area contributed by atoms with Crippen LogP contribution in [0.25, 0.3) is 0 Å². The molecule has 6 heteroatoms. The van der Waals surface area contributed by atoms with Crippen LogP contribution >= 0.6 is 0 Å². The summed E-state index contributed by atoms with van der Waals surface area (Å²) in [5, 5.41) is 10.1. The molecule has 2 amide bonds. The second-order valence-corrected chi connectivity index (χ2v) is 6.86. The predicted octanol–water partition coefficient (Wildman–Crippen LogP) is 2.58. The average Bonchev–Trinajstić information content (AvgIpc) is 3.18. The van der Waals surface area contributed by atoms with Crippen LogP contribution in [0.2, 0.25) is 0 Å². The van der Waals surface area contributed by atoms with Gasteiger partial charge in [0.15, 0.2) is 5.69 Å². The van der Waals surface area contributed by atoms with Crippen molar-refractivity contribution < 1.29 is 9.59 Å². The van der Waals surface area contributed by atoms with Crippen molar-refractivity contribution in [2.75, 3.05) is 13.1 Å². The van der Waals surface area contributed by atoms with Crippen LogP contribution in [0.15, 0.2) is 60.7 Å². The number of nitrogens with zero attached hydrogens (tertiary/aromatic N) is 2. The Morgan fingerprint density at radius 3 is 2.50 bits per heavy atom. The van der Waals surface area contributed by atoms with E-state index in [4.69, 9.17) is 0 Å². The molecule has 6 nitrogen and oxygen atoms in total. The monoisotopic (exact) mass is 374 g/mol. The summed E-state index contributed by atoms with van der Waals surface area (Å²) in [6.07, 6.45) is 1.43. The van der Waals surface area contributed by atoms with Gasteiger partial charge in [-0.25, -0.2) is 0 Å². The van der Waals surface area contributed by atoms with E-state index in [-0.39, 0.29) is 11.8 Å². The van der Waals surface area contributed by atoms with Crippen molar-refractivity contribution >= 4 is 11.8 Å². The van der Waals surface area contributed by atoms with Crippen LogP contribution in [0.4, 0.5) is 0 Å². The lowest BCUT2D eigenvalue weighted by Crippen LogP contribution is -2.37. The minimum Gasteiger partial charge on any atom is -0.350 e. The summed E-state index contributed by atoms with van der Waals surface area (Å²) in [5.41, 5.74) is 3.96. The van der Waals surface area contributed by atoms with Gasteiger partial charge < -0.3 is 10.2 Å². The van der Waals surface area contributed by atoms with Gasteiger partial charge in [-0.2, -0.15) is 5.10 Å². The van der Waals surface area contributed by atoms with Crippen molar-refractivity contribution in [3.8, 4) is 0 Å². The van der Waals surface area contributed by atoms with Crippen molar-refractivity contribution in [2.45, 2.75) is 19.4 Å². The maximum absolute atomic E-state index is 12.7. The third-order valence-corrected chi connectivity index (χ3v) is 5.00. The number of benzene rings is 2. The summed E-state index contributed by atoms with van der Waals surface area (Å²) < 4.78 is 0. The first kappa shape index (κ1) is 18.0. The molecule has 0 radical (unpaired) electrons. The van der Waals surface area contributed by atoms with Crippen LogP contribution in [0.3, 0.4) is 0 Å². The molecule has 28 heavy (non-hydrogen) atoms. The maximum atomic E-state index is 12.7. The Balaban J connectivity index is 1.42. The number of carbonyl (C=O) groups excluding carboxylic acids is 2. The van der Waals surface area contributed by atoms with Crippen LogP contribution in [-0.4, -0.2) is 40.0 Å². The summed E-state index contributed by atoms with van der Waals surface area (Å²) in [5.74, 6) is -0.231. The molecule has 2 aromatic carbocycles. The highest BCUT2D eigenvalue weighted by atomic mass is 16.2. The number of fused-ring (bicyclic) bond motifs is 1. The van der Waals surface area contributed by atoms with E-state index in [2.05, 4.69) is 15.5 Å². The largest absolute Gasteiger partial charge is 0.350 e. The van der Waals surface area contributed by atoms with Gasteiger partial charge in [0.1, 0.15) is 0 Å². The number of rotatable bonds is 5. The minimum atomic E-state index is -0.206. The second kappa shape index (κ2) is 8.08. The van der Waals surface area contributed by atoms with Crippen molar-refractivity contribution in [3.63, 3.8) is 0 Å². The van der Waals surface area contributed by atoms with Crippen molar-refractivity contribution in [3.05, 3.63) is 88.7 Å². The summed E-state index contributed by atoms with van der Waals surface area (Å²) in [6.45, 7) is 1.54. The van der Waals surface area contributed by atoms with Crippen LogP contribution in [0.1, 0.15) is 37.7 Å². The smallest absolute Gasteiger partial charge is 0.272 e. The van der Waals surface area contributed by atoms with Gasteiger partial charge in [-0.1, -0.05) is 48.5 Å². The molecular formula is C22H22N4O2. The van der Waals surface area contributed by atoms with Gasteiger partial charge in [0, 0.05) is 36.3 Å². The Bertz CT molecular complexity index is 967. The van der Waals surface area contributed by atoms with Gasteiger partial charge in [0.05, 0.1) is 6.54 Å². The summed E-state index contributed by atoms with van der Waals surface area (Å²) in [4.78, 5) is 27.1. The lowest BCUT2D eigenvalue weighted by molar-refractivity contribution is 0.0731. The number of hydrogen-bond donors (Lipinski definition) is 2. The van der Waals surface area contributed by atoms with Crippen LogP contribution < -0.4 is 5.32 Å². The first-order valence-corrected chi connectivity index (χ1v) is 9.45. The van der Waals surface area contributed by atoms with Gasteiger partial charge in [0.2, 0.25) is 0 Å². The fourth-order valence-corrected chi connectivity index (χ4v) is 3.47. The fourth-order valence-electron chi connectivity index (χ4n) is 3.47. The summed E-state index contributed by atoms with van der Waals surface area (Å²) >= 11 is 0. The topological polar surface area (TPSA) is 78.1 Å². The highest BCUT2D eigenvalue weighted by Crippen LogP contribution is 2.22. The number of aromatic nitrogens is 2. The van der Waals surface area contributed by atoms with E-state index >= 15 is 0 Å². The standard InChI is InChI=1S/C22H22N4O2/c27-21(23-13-11-16-7-3-1-4-8-16)20-18-15-26(14-12-19(18)24-25-20)22(28)17-9-5-2-6-10-17/h1-10H,11-15H2,(H,23,27)(H,24,25). The molecule has 1 aliphatic heterocycles. The molecular weight excluding hydrogens is 352 g/mol. The molecule has 0 unspecified atom stereocenters. The minimum absolute atomic E-state index is 0.0251. The van der Waals surface area contributed by atoms with Gasteiger partial charge in [0.25, 0.3) is 11.8 Å². The zero-order chi connectivity index (χ0) is 19.3. The Morgan fingerprint density at radius 1 is 1.04 bits per heavy atom. The highest BCUT2D eigenvalue weighted by Gasteiger charge is 2.28. The Kier molecular flexibility index (Phi) is 5.19. The summed E-state index contributed by atoms with van der Waals surface area (Å²) in [6, 6.07) is 19.2. The van der Waals surface area contributed by atoms with Crippen LogP contribution in [0, 0.1) is 0 Å². The van der Waals surface area contributed by atoms with Gasteiger partial charge in [-0.3, -0.25) is 14.7 Å². The van der Waals surface area contributed by atoms with Crippen molar-refractivity contribution in [1.29, 1.82) is 0 Å². The fraction of sp³-hybridized carbons (Fsp3) is 0.227. The normalized spacial score (nSPS) is 13.1. The van der Waals surface area contributed by atoms with Crippen LogP contribution in [-0.2, 0) is 19.4 Å². The molecule has 0 spiro atoms. The van der Waals surface area contributed by atoms with E-state index in [1.54, 1.807) is 4.90 Å². The van der Waals surface area contributed by atoms with E-state index in [0.717, 1.165) is 17.7 Å². The second-order valence-electron chi connectivity index (χ2n) is 6.86. The number of hydrogen-bond acceptors (Lipinski definition) is 3. The zero-order valence-corrected chi connectivity index (χ0v) is 15.5. The molecule has 0 bridgehead atoms. The molecule has 0 fully saturated rings. The first-order valence-electron chi connectivity index (χ1n) is 9.45. The van der Waals surface area contributed by atoms with E-state index in [9.17, 15) is 9.59 Å². The molecule has 0 saturated carbocycles. The molecule has 0 atom stereocenters. The number of carbonyl (C=O) groups is 2. The average molecular weight is 374 g/mol.